The predicted molar refractivity (Wildman–Crippen MR) is 54.4 cm³/mol. The monoisotopic (exact) mass is 253 g/mol. The molecule has 2 aromatic rings. The minimum absolute atomic E-state index is 0.332. The number of rotatable bonds is 2. The van der Waals surface area contributed by atoms with Gasteiger partial charge in [-0.3, -0.25) is 0 Å². The number of aromatic amines is 1. The molecule has 0 radical (unpaired) electrons. The highest BCUT2D eigenvalue weighted by Crippen LogP contribution is 2.17. The first-order chi connectivity index (χ1) is 6.77. The van der Waals surface area contributed by atoms with Gasteiger partial charge < -0.3 is 5.73 Å². The van der Waals surface area contributed by atoms with Crippen LogP contribution >= 0.6 is 15.9 Å². The summed E-state index contributed by atoms with van der Waals surface area (Å²) in [5.74, 6) is 0.493. The number of benzene rings is 1. The zero-order valence-electron chi connectivity index (χ0n) is 7.18. The first kappa shape index (κ1) is 9.29. The average molecular weight is 254 g/mol. The molecule has 0 saturated heterocycles. The SMILES string of the molecule is NC(c1ccc(Br)cc1)c1nn[nH]n1. The van der Waals surface area contributed by atoms with Crippen LogP contribution in [0, 0.1) is 0 Å². The fourth-order valence-corrected chi connectivity index (χ4v) is 1.38. The van der Waals surface area contributed by atoms with Gasteiger partial charge in [0.15, 0.2) is 5.82 Å². The van der Waals surface area contributed by atoms with Crippen molar-refractivity contribution in [2.75, 3.05) is 0 Å². The molecule has 0 saturated carbocycles. The van der Waals surface area contributed by atoms with E-state index in [-0.39, 0.29) is 6.04 Å². The molecule has 2 rings (SSSR count). The third kappa shape index (κ3) is 1.80. The van der Waals surface area contributed by atoms with Gasteiger partial charge in [0.1, 0.15) is 0 Å². The van der Waals surface area contributed by atoms with E-state index in [0.29, 0.717) is 5.82 Å². The molecule has 0 aliphatic carbocycles. The Balaban J connectivity index is 2.28. The second kappa shape index (κ2) is 3.85. The molecular weight excluding hydrogens is 246 g/mol. The molecule has 1 aromatic heterocycles. The van der Waals surface area contributed by atoms with Gasteiger partial charge in [-0.05, 0) is 17.7 Å². The third-order valence-electron chi connectivity index (χ3n) is 1.87. The van der Waals surface area contributed by atoms with E-state index in [9.17, 15) is 0 Å². The van der Waals surface area contributed by atoms with Crippen molar-refractivity contribution in [1.82, 2.24) is 20.6 Å². The van der Waals surface area contributed by atoms with Crippen LogP contribution in [0.2, 0.25) is 0 Å². The second-order valence-electron chi connectivity index (χ2n) is 2.80. The summed E-state index contributed by atoms with van der Waals surface area (Å²) >= 11 is 3.35. The molecule has 0 fully saturated rings. The number of halogens is 1. The normalized spacial score (nSPS) is 12.7. The number of H-pyrrole nitrogens is 1. The molecule has 14 heavy (non-hydrogen) atoms. The van der Waals surface area contributed by atoms with Gasteiger partial charge in [-0.25, -0.2) is 0 Å². The summed E-state index contributed by atoms with van der Waals surface area (Å²) < 4.78 is 1.02. The molecule has 0 aliphatic rings. The van der Waals surface area contributed by atoms with Crippen molar-refractivity contribution in [2.45, 2.75) is 6.04 Å². The van der Waals surface area contributed by atoms with Crippen LogP contribution in [0.5, 0.6) is 0 Å². The van der Waals surface area contributed by atoms with Crippen molar-refractivity contribution in [3.63, 3.8) is 0 Å². The molecule has 1 unspecified atom stereocenters. The van der Waals surface area contributed by atoms with Gasteiger partial charge >= 0.3 is 0 Å². The van der Waals surface area contributed by atoms with Gasteiger partial charge in [-0.2, -0.15) is 5.21 Å². The lowest BCUT2D eigenvalue weighted by Crippen LogP contribution is -2.13. The zero-order valence-corrected chi connectivity index (χ0v) is 8.77. The van der Waals surface area contributed by atoms with Crippen LogP contribution < -0.4 is 5.73 Å². The van der Waals surface area contributed by atoms with Crippen LogP contribution in [0.3, 0.4) is 0 Å². The summed E-state index contributed by atoms with van der Waals surface area (Å²) in [5.41, 5.74) is 6.86. The van der Waals surface area contributed by atoms with Crippen LogP contribution in [-0.2, 0) is 0 Å². The molecule has 1 atom stereocenters. The number of aromatic nitrogens is 4. The molecule has 0 amide bonds. The minimum Gasteiger partial charge on any atom is -0.318 e. The Morgan fingerprint density at radius 2 is 2.00 bits per heavy atom. The molecule has 3 N–H and O–H groups in total. The molecule has 1 aromatic carbocycles. The molecule has 0 spiro atoms. The van der Waals surface area contributed by atoms with E-state index in [0.717, 1.165) is 10.0 Å². The van der Waals surface area contributed by atoms with Crippen LogP contribution in [0.4, 0.5) is 0 Å². The van der Waals surface area contributed by atoms with Crippen molar-refractivity contribution >= 4 is 15.9 Å². The quantitative estimate of drug-likeness (QED) is 0.838. The maximum Gasteiger partial charge on any atom is 0.195 e. The Kier molecular flexibility index (Phi) is 2.55. The highest BCUT2D eigenvalue weighted by atomic mass is 79.9. The Labute approximate surface area is 88.8 Å². The van der Waals surface area contributed by atoms with Gasteiger partial charge in [0.05, 0.1) is 6.04 Å². The van der Waals surface area contributed by atoms with Gasteiger partial charge in [0.25, 0.3) is 0 Å². The molecule has 0 bridgehead atoms. The van der Waals surface area contributed by atoms with Crippen molar-refractivity contribution < 1.29 is 0 Å². The van der Waals surface area contributed by atoms with Crippen molar-refractivity contribution in [3.8, 4) is 0 Å². The van der Waals surface area contributed by atoms with Crippen LogP contribution in [0.15, 0.2) is 28.7 Å². The smallest absolute Gasteiger partial charge is 0.195 e. The summed E-state index contributed by atoms with van der Waals surface area (Å²) in [7, 11) is 0. The summed E-state index contributed by atoms with van der Waals surface area (Å²) in [6.45, 7) is 0. The van der Waals surface area contributed by atoms with Crippen LogP contribution in [-0.4, -0.2) is 20.6 Å². The Hall–Kier alpha value is -1.27. The van der Waals surface area contributed by atoms with E-state index < -0.39 is 0 Å². The lowest BCUT2D eigenvalue weighted by molar-refractivity contribution is 0.785. The highest BCUT2D eigenvalue weighted by Gasteiger charge is 2.12. The van der Waals surface area contributed by atoms with E-state index in [4.69, 9.17) is 5.73 Å². The van der Waals surface area contributed by atoms with Crippen molar-refractivity contribution in [3.05, 3.63) is 40.1 Å². The van der Waals surface area contributed by atoms with Gasteiger partial charge in [-0.15, -0.1) is 10.2 Å². The molecule has 6 heteroatoms. The summed E-state index contributed by atoms with van der Waals surface area (Å²) in [4.78, 5) is 0. The lowest BCUT2D eigenvalue weighted by Gasteiger charge is -2.06. The van der Waals surface area contributed by atoms with E-state index in [2.05, 4.69) is 36.6 Å². The maximum absolute atomic E-state index is 5.91. The number of hydrogen-bond donors (Lipinski definition) is 2. The molecule has 0 aliphatic heterocycles. The predicted octanol–water partition coefficient (Wildman–Crippen LogP) is 1.01. The average Bonchev–Trinajstić information content (AvgIpc) is 2.71. The fraction of sp³-hybridized carbons (Fsp3) is 0.125. The minimum atomic E-state index is -0.332. The van der Waals surface area contributed by atoms with E-state index in [1.54, 1.807) is 0 Å². The zero-order chi connectivity index (χ0) is 9.97. The van der Waals surface area contributed by atoms with Crippen LogP contribution in [0.1, 0.15) is 17.4 Å². The number of hydrogen-bond acceptors (Lipinski definition) is 4. The Bertz CT molecular complexity index is 396. The Morgan fingerprint density at radius 1 is 1.29 bits per heavy atom. The summed E-state index contributed by atoms with van der Waals surface area (Å²) in [6, 6.07) is 7.36. The standard InChI is InChI=1S/C8H8BrN5/c9-6-3-1-5(2-4-6)7(10)8-11-13-14-12-8/h1-4,7H,10H2,(H,11,12,13,14). The first-order valence-corrected chi connectivity index (χ1v) is 4.81. The number of tetrazole rings is 1. The summed E-state index contributed by atoms with van der Waals surface area (Å²) in [5, 5.41) is 13.5. The van der Waals surface area contributed by atoms with E-state index in [1.807, 2.05) is 24.3 Å². The topological polar surface area (TPSA) is 80.5 Å². The van der Waals surface area contributed by atoms with Gasteiger partial charge in [0.2, 0.25) is 0 Å². The van der Waals surface area contributed by atoms with Gasteiger partial charge in [0, 0.05) is 4.47 Å². The van der Waals surface area contributed by atoms with Crippen molar-refractivity contribution in [2.24, 2.45) is 5.73 Å². The second-order valence-corrected chi connectivity index (χ2v) is 3.71. The summed E-state index contributed by atoms with van der Waals surface area (Å²) in [6.07, 6.45) is 0. The highest BCUT2D eigenvalue weighted by molar-refractivity contribution is 9.10. The van der Waals surface area contributed by atoms with E-state index >= 15 is 0 Å². The van der Waals surface area contributed by atoms with Crippen LogP contribution in [0.25, 0.3) is 0 Å². The molecule has 1 heterocycles. The largest absolute Gasteiger partial charge is 0.318 e. The fourth-order valence-electron chi connectivity index (χ4n) is 1.12. The van der Waals surface area contributed by atoms with Gasteiger partial charge in [-0.1, -0.05) is 33.3 Å². The molecular formula is C8H8BrN5. The third-order valence-corrected chi connectivity index (χ3v) is 2.40. The number of nitrogens with one attached hydrogen (secondary N) is 1. The Morgan fingerprint density at radius 3 is 2.57 bits per heavy atom. The molecule has 5 nitrogen and oxygen atoms in total. The number of nitrogens with zero attached hydrogens (tertiary/aromatic N) is 3. The first-order valence-electron chi connectivity index (χ1n) is 4.02. The number of nitrogens with two attached hydrogens (primary N) is 1. The lowest BCUT2D eigenvalue weighted by atomic mass is 10.1. The van der Waals surface area contributed by atoms with E-state index in [1.165, 1.54) is 0 Å². The molecule has 72 valence electrons. The van der Waals surface area contributed by atoms with Crippen molar-refractivity contribution in [1.29, 1.82) is 0 Å². The maximum atomic E-state index is 5.91.